The third-order valence-corrected chi connectivity index (χ3v) is 16.8. The van der Waals surface area contributed by atoms with Gasteiger partial charge in [0.1, 0.15) is 7.40 Å². The lowest BCUT2D eigenvalue weighted by atomic mass is 10.3. The van der Waals surface area contributed by atoms with Gasteiger partial charge in [-0.1, -0.05) is 55.4 Å². The van der Waals surface area contributed by atoms with Crippen LogP contribution in [0.15, 0.2) is 0 Å². The lowest BCUT2D eigenvalue weighted by Crippen LogP contribution is -2.39. The van der Waals surface area contributed by atoms with E-state index in [1.54, 1.807) is 49.3 Å². The summed E-state index contributed by atoms with van der Waals surface area (Å²) in [4.78, 5) is 0. The smallest absolute Gasteiger partial charge is 0.121 e. The van der Waals surface area contributed by atoms with E-state index < -0.39 is 21.9 Å². The summed E-state index contributed by atoms with van der Waals surface area (Å²) in [5.74, 6) is 0. The van der Waals surface area contributed by atoms with E-state index >= 15 is 0 Å². The molecule has 0 aliphatic carbocycles. The van der Waals surface area contributed by atoms with Gasteiger partial charge in [0.15, 0.2) is 0 Å². The van der Waals surface area contributed by atoms with Crippen LogP contribution in [0.25, 0.3) is 0 Å². The maximum Gasteiger partial charge on any atom is 0.121 e. The van der Waals surface area contributed by atoms with Crippen molar-refractivity contribution in [3.8, 4) is 0 Å². The molecule has 0 spiro atoms. The summed E-state index contributed by atoms with van der Waals surface area (Å²) in [6.07, 6.45) is 23.7. The van der Waals surface area contributed by atoms with Crippen molar-refractivity contribution < 1.29 is 14.4 Å². The Morgan fingerprint density at radius 2 is 0.533 bits per heavy atom. The average molecular weight is 468 g/mol. The van der Waals surface area contributed by atoms with E-state index in [9.17, 15) is 4.32 Å². The van der Waals surface area contributed by atoms with Gasteiger partial charge in [-0.2, -0.15) is 0 Å². The Hall–Kier alpha value is 0.775. The van der Waals surface area contributed by atoms with Gasteiger partial charge < -0.3 is 14.4 Å². The molecule has 0 aromatic carbocycles. The number of hydrogen-bond donors (Lipinski definition) is 0. The summed E-state index contributed by atoms with van der Waals surface area (Å²) in [6.45, 7) is 18.9. The monoisotopic (exact) mass is 468 g/mol. The normalized spacial score (nSPS) is 11.3. The van der Waals surface area contributed by atoms with Crippen molar-refractivity contribution in [1.29, 1.82) is 0 Å². The molecule has 0 aromatic heterocycles. The zero-order chi connectivity index (χ0) is 23.9. The van der Waals surface area contributed by atoms with Crippen LogP contribution in [0, 0.1) is 0 Å². The van der Waals surface area contributed by atoms with Crippen molar-refractivity contribution in [1.82, 2.24) is 0 Å². The minimum Gasteiger partial charge on any atom is -0.867 e. The molecule has 30 heavy (non-hydrogen) atoms. The van der Waals surface area contributed by atoms with Crippen LogP contribution < -0.4 is 10.0 Å². The molecule has 6 heteroatoms. The SMILES string of the molecule is CCC[P+](CCC)(CCC)CCC.CCC[P+](CCC)(CCC)CCC.[O-]B([O-])F. The molecule has 0 fully saturated rings. The topological polar surface area (TPSA) is 46.1 Å². The fourth-order valence-electron chi connectivity index (χ4n) is 5.14. The van der Waals surface area contributed by atoms with Crippen molar-refractivity contribution in [3.63, 3.8) is 0 Å². The summed E-state index contributed by atoms with van der Waals surface area (Å²) < 4.78 is 9.89. The zero-order valence-corrected chi connectivity index (χ0v) is 23.8. The van der Waals surface area contributed by atoms with E-state index in [1.165, 1.54) is 51.4 Å². The third kappa shape index (κ3) is 20.7. The molecule has 0 saturated carbocycles. The molecule has 0 aromatic rings. The summed E-state index contributed by atoms with van der Waals surface area (Å²) in [7, 11) is -4.16. The fraction of sp³-hybridized carbons (Fsp3) is 1.00. The van der Waals surface area contributed by atoms with Gasteiger partial charge in [-0.15, -0.1) is 0 Å². The van der Waals surface area contributed by atoms with Crippen LogP contribution >= 0.6 is 14.5 Å². The van der Waals surface area contributed by atoms with E-state index in [1.807, 2.05) is 0 Å². The van der Waals surface area contributed by atoms with E-state index in [0.29, 0.717) is 0 Å². The van der Waals surface area contributed by atoms with Crippen LogP contribution in [-0.2, 0) is 0 Å². The van der Waals surface area contributed by atoms with Gasteiger partial charge in [-0.05, 0) is 51.4 Å². The summed E-state index contributed by atoms with van der Waals surface area (Å²) in [5, 5.41) is 16.6. The number of hydrogen-bond acceptors (Lipinski definition) is 2. The van der Waals surface area contributed by atoms with Crippen LogP contribution in [0.2, 0.25) is 0 Å². The molecule has 0 amide bonds. The Bertz CT molecular complexity index is 245. The van der Waals surface area contributed by atoms with Crippen LogP contribution in [-0.4, -0.2) is 56.7 Å². The summed E-state index contributed by atoms with van der Waals surface area (Å²) in [5.41, 5.74) is 0. The molecule has 0 N–H and O–H groups in total. The molecule has 0 aliphatic rings. The first-order chi connectivity index (χ1) is 14.2. The Labute approximate surface area is 192 Å². The number of halogens is 1. The number of rotatable bonds is 16. The van der Waals surface area contributed by atoms with Crippen molar-refractivity contribution in [3.05, 3.63) is 0 Å². The maximum atomic E-state index is 9.89. The molecular weight excluding hydrogens is 412 g/mol. The average Bonchev–Trinajstić information content (AvgIpc) is 2.64. The van der Waals surface area contributed by atoms with E-state index in [-0.39, 0.29) is 0 Å². The lowest BCUT2D eigenvalue weighted by Gasteiger charge is -2.26. The van der Waals surface area contributed by atoms with E-state index in [0.717, 1.165) is 0 Å². The molecule has 0 rings (SSSR count). The molecule has 0 aliphatic heterocycles. The molecule has 0 atom stereocenters. The minimum atomic E-state index is -3.17. The molecule has 0 radical (unpaired) electrons. The summed E-state index contributed by atoms with van der Waals surface area (Å²) in [6, 6.07) is 0. The minimum absolute atomic E-state index is 0.496. The Balaban J connectivity index is -0.000000412. The van der Waals surface area contributed by atoms with E-state index in [4.69, 9.17) is 10.0 Å². The molecule has 0 heterocycles. The zero-order valence-electron chi connectivity index (χ0n) is 22.0. The first-order valence-electron chi connectivity index (χ1n) is 12.9. The second kappa shape index (κ2) is 24.4. The lowest BCUT2D eigenvalue weighted by molar-refractivity contribution is -0.366. The second-order valence-electron chi connectivity index (χ2n) is 8.75. The van der Waals surface area contributed by atoms with Gasteiger partial charge in [-0.3, -0.25) is 0 Å². The van der Waals surface area contributed by atoms with Gasteiger partial charge in [0, 0.05) is 14.5 Å². The molecular formula is C24H56BFO2P2. The Kier molecular flexibility index (Phi) is 28.8. The maximum absolute atomic E-state index is 9.89. The van der Waals surface area contributed by atoms with Crippen molar-refractivity contribution >= 4 is 21.9 Å². The third-order valence-electron chi connectivity index (χ3n) is 5.58. The van der Waals surface area contributed by atoms with Gasteiger partial charge in [-0.25, -0.2) is 0 Å². The van der Waals surface area contributed by atoms with Crippen molar-refractivity contribution in [2.75, 3.05) is 49.3 Å². The molecule has 0 unspecified atom stereocenters. The highest BCUT2D eigenvalue weighted by Gasteiger charge is 2.33. The Morgan fingerprint density at radius 3 is 0.600 bits per heavy atom. The highest BCUT2D eigenvalue weighted by Crippen LogP contribution is 2.61. The first-order valence-corrected chi connectivity index (χ1v) is 17.9. The molecule has 184 valence electrons. The summed E-state index contributed by atoms with van der Waals surface area (Å²) >= 11 is 0. The van der Waals surface area contributed by atoms with E-state index in [2.05, 4.69) is 55.4 Å². The molecule has 2 nitrogen and oxygen atoms in total. The van der Waals surface area contributed by atoms with Crippen molar-refractivity contribution in [2.24, 2.45) is 0 Å². The van der Waals surface area contributed by atoms with Crippen LogP contribution in [0.3, 0.4) is 0 Å². The first kappa shape index (κ1) is 35.4. The quantitative estimate of drug-likeness (QED) is 0.182. The highest BCUT2D eigenvalue weighted by molar-refractivity contribution is 7.76. The standard InChI is InChI=1S/2C12H28P.BFO2/c2*1-5-9-13(10-6-2,11-7-3)12-8-4;2-1(3)4/h2*5-12H2,1-4H3;/q2*+1;-2. The predicted molar refractivity (Wildman–Crippen MR) is 142 cm³/mol. The van der Waals surface area contributed by atoms with Crippen LogP contribution in [0.4, 0.5) is 4.32 Å². The van der Waals surface area contributed by atoms with Gasteiger partial charge >= 0.3 is 0 Å². The van der Waals surface area contributed by atoms with Crippen LogP contribution in [0.1, 0.15) is 107 Å². The van der Waals surface area contributed by atoms with Crippen molar-refractivity contribution in [2.45, 2.75) is 107 Å². The van der Waals surface area contributed by atoms with Crippen LogP contribution in [0.5, 0.6) is 0 Å². The largest absolute Gasteiger partial charge is 0.867 e. The molecule has 0 bridgehead atoms. The fourth-order valence-corrected chi connectivity index (χ4v) is 15.4. The highest BCUT2D eigenvalue weighted by atomic mass is 31.2. The van der Waals surface area contributed by atoms with Gasteiger partial charge in [0.05, 0.1) is 49.3 Å². The Morgan fingerprint density at radius 1 is 0.433 bits per heavy atom. The molecule has 0 saturated heterocycles. The van der Waals surface area contributed by atoms with Gasteiger partial charge in [0.25, 0.3) is 0 Å². The second-order valence-corrected chi connectivity index (χ2v) is 17.7. The predicted octanol–water partition coefficient (Wildman–Crippen LogP) is 6.95. The van der Waals surface area contributed by atoms with Gasteiger partial charge in [0.2, 0.25) is 0 Å².